The van der Waals surface area contributed by atoms with Crippen molar-refractivity contribution in [3.63, 3.8) is 0 Å². The number of carbonyl (C=O) groups is 1. The van der Waals surface area contributed by atoms with Crippen LogP contribution in [-0.2, 0) is 13.6 Å². The van der Waals surface area contributed by atoms with E-state index in [0.717, 1.165) is 25.5 Å². The fraction of sp³-hybridized carbons (Fsp3) is 0.412. The molecule has 25 heavy (non-hydrogen) atoms. The molecule has 1 aromatic heterocycles. The van der Waals surface area contributed by atoms with Crippen LogP contribution in [0, 0.1) is 5.82 Å². The Morgan fingerprint density at radius 2 is 2.08 bits per heavy atom. The van der Waals surface area contributed by atoms with Crippen molar-refractivity contribution >= 4 is 11.7 Å². The monoisotopic (exact) mass is 347 g/mol. The summed E-state index contributed by atoms with van der Waals surface area (Å²) in [4.78, 5) is 20.6. The fourth-order valence-corrected chi connectivity index (χ4v) is 2.78. The third-order valence-corrected chi connectivity index (χ3v) is 4.36. The van der Waals surface area contributed by atoms with Crippen molar-refractivity contribution in [3.8, 4) is 5.75 Å². The standard InChI is InChI=1S/C17H22FN5O2/c1-21-6-5-19-16(21)12-22-7-9-23(10-8-22)17(24)20-15-4-3-13(25-2)11-14(15)18/h3-6,11H,7-10,12H2,1-2H3,(H,20,24). The van der Waals surface area contributed by atoms with Crippen LogP contribution in [0.4, 0.5) is 14.9 Å². The average Bonchev–Trinajstić information content (AvgIpc) is 3.02. The van der Waals surface area contributed by atoms with Gasteiger partial charge in [-0.25, -0.2) is 14.2 Å². The summed E-state index contributed by atoms with van der Waals surface area (Å²) in [5.74, 6) is 0.901. The molecular weight excluding hydrogens is 325 g/mol. The van der Waals surface area contributed by atoms with Gasteiger partial charge in [0.1, 0.15) is 17.4 Å². The Bertz CT molecular complexity index is 740. The number of anilines is 1. The van der Waals surface area contributed by atoms with Crippen LogP contribution in [-0.4, -0.2) is 58.7 Å². The molecule has 2 aromatic rings. The maximum Gasteiger partial charge on any atom is 0.322 e. The van der Waals surface area contributed by atoms with Gasteiger partial charge in [0.2, 0.25) is 0 Å². The van der Waals surface area contributed by atoms with Gasteiger partial charge in [0, 0.05) is 51.7 Å². The predicted octanol–water partition coefficient (Wildman–Crippen LogP) is 1.92. The van der Waals surface area contributed by atoms with Crippen molar-refractivity contribution in [2.45, 2.75) is 6.54 Å². The van der Waals surface area contributed by atoms with Gasteiger partial charge in [-0.15, -0.1) is 0 Å². The number of carbonyl (C=O) groups excluding carboxylic acids is 1. The van der Waals surface area contributed by atoms with Crippen LogP contribution in [0.15, 0.2) is 30.6 Å². The molecule has 0 aliphatic carbocycles. The van der Waals surface area contributed by atoms with Crippen molar-refractivity contribution < 1.29 is 13.9 Å². The Kier molecular flexibility index (Phi) is 5.18. The second-order valence-corrected chi connectivity index (χ2v) is 5.99. The summed E-state index contributed by atoms with van der Waals surface area (Å²) in [6.07, 6.45) is 3.70. The molecule has 2 amide bonds. The molecule has 0 bridgehead atoms. The van der Waals surface area contributed by atoms with Crippen LogP contribution in [0.1, 0.15) is 5.82 Å². The highest BCUT2D eigenvalue weighted by molar-refractivity contribution is 5.89. The summed E-state index contributed by atoms with van der Waals surface area (Å²) < 4.78 is 20.9. The molecule has 1 aliphatic rings. The van der Waals surface area contributed by atoms with E-state index in [1.807, 2.05) is 17.8 Å². The highest BCUT2D eigenvalue weighted by atomic mass is 19.1. The summed E-state index contributed by atoms with van der Waals surface area (Å²) in [6.45, 7) is 3.45. The maximum absolute atomic E-state index is 13.9. The Hall–Kier alpha value is -2.61. The van der Waals surface area contributed by atoms with Gasteiger partial charge in [-0.1, -0.05) is 0 Å². The summed E-state index contributed by atoms with van der Waals surface area (Å²) in [7, 11) is 3.44. The van der Waals surface area contributed by atoms with Crippen molar-refractivity contribution in [1.82, 2.24) is 19.4 Å². The molecule has 1 aromatic carbocycles. The zero-order valence-corrected chi connectivity index (χ0v) is 14.4. The first-order valence-corrected chi connectivity index (χ1v) is 8.15. The third-order valence-electron chi connectivity index (χ3n) is 4.36. The quantitative estimate of drug-likeness (QED) is 0.918. The number of aromatic nitrogens is 2. The van der Waals surface area contributed by atoms with Gasteiger partial charge in [0.25, 0.3) is 0 Å². The SMILES string of the molecule is COc1ccc(NC(=O)N2CCN(Cc3nccn3C)CC2)c(F)c1. The van der Waals surface area contributed by atoms with Gasteiger partial charge in [-0.3, -0.25) is 4.90 Å². The second-order valence-electron chi connectivity index (χ2n) is 5.99. The lowest BCUT2D eigenvalue weighted by atomic mass is 10.3. The molecule has 8 heteroatoms. The molecule has 2 heterocycles. The molecule has 1 N–H and O–H groups in total. The molecule has 0 unspecified atom stereocenters. The molecule has 0 saturated carbocycles. The molecule has 1 saturated heterocycles. The molecule has 7 nitrogen and oxygen atoms in total. The van der Waals surface area contributed by atoms with Gasteiger partial charge in [0.15, 0.2) is 0 Å². The Morgan fingerprint density at radius 1 is 1.32 bits per heavy atom. The lowest BCUT2D eigenvalue weighted by Gasteiger charge is -2.34. The molecule has 1 fully saturated rings. The molecule has 0 spiro atoms. The van der Waals surface area contributed by atoms with Crippen LogP contribution >= 0.6 is 0 Å². The number of hydrogen-bond acceptors (Lipinski definition) is 4. The number of halogens is 1. The summed E-state index contributed by atoms with van der Waals surface area (Å²) in [5, 5.41) is 2.62. The zero-order valence-electron chi connectivity index (χ0n) is 14.4. The highest BCUT2D eigenvalue weighted by Gasteiger charge is 2.22. The largest absolute Gasteiger partial charge is 0.497 e. The fourth-order valence-electron chi connectivity index (χ4n) is 2.78. The summed E-state index contributed by atoms with van der Waals surface area (Å²) in [5.41, 5.74) is 0.154. The number of imidazole rings is 1. The van der Waals surface area contributed by atoms with Crippen molar-refractivity contribution in [3.05, 3.63) is 42.2 Å². The first-order valence-electron chi connectivity index (χ1n) is 8.15. The van der Waals surface area contributed by atoms with E-state index >= 15 is 0 Å². The van der Waals surface area contributed by atoms with Gasteiger partial charge < -0.3 is 19.5 Å². The number of urea groups is 1. The van der Waals surface area contributed by atoms with E-state index in [4.69, 9.17) is 4.74 Å². The topological polar surface area (TPSA) is 62.6 Å². The number of aryl methyl sites for hydroxylation is 1. The van der Waals surface area contributed by atoms with E-state index in [1.54, 1.807) is 17.2 Å². The number of amides is 2. The zero-order chi connectivity index (χ0) is 17.8. The lowest BCUT2D eigenvalue weighted by Crippen LogP contribution is -2.49. The van der Waals surface area contributed by atoms with Crippen molar-refractivity contribution in [1.29, 1.82) is 0 Å². The number of ether oxygens (including phenoxy) is 1. The van der Waals surface area contributed by atoms with Gasteiger partial charge in [-0.05, 0) is 12.1 Å². The Morgan fingerprint density at radius 3 is 2.68 bits per heavy atom. The molecule has 134 valence electrons. The van der Waals surface area contributed by atoms with E-state index in [-0.39, 0.29) is 11.7 Å². The van der Waals surface area contributed by atoms with Crippen LogP contribution < -0.4 is 10.1 Å². The number of benzene rings is 1. The lowest BCUT2D eigenvalue weighted by molar-refractivity contribution is 0.140. The second kappa shape index (κ2) is 7.52. The molecular formula is C17H22FN5O2. The number of methoxy groups -OCH3 is 1. The highest BCUT2D eigenvalue weighted by Crippen LogP contribution is 2.21. The number of rotatable bonds is 4. The molecule has 1 aliphatic heterocycles. The molecule has 0 radical (unpaired) electrons. The number of nitrogens with one attached hydrogen (secondary N) is 1. The van der Waals surface area contributed by atoms with Crippen molar-refractivity contribution in [2.75, 3.05) is 38.6 Å². The van der Waals surface area contributed by atoms with Gasteiger partial charge in [-0.2, -0.15) is 0 Å². The van der Waals surface area contributed by atoms with Gasteiger partial charge in [0.05, 0.1) is 19.3 Å². The first kappa shape index (κ1) is 17.2. The van der Waals surface area contributed by atoms with E-state index in [9.17, 15) is 9.18 Å². The minimum Gasteiger partial charge on any atom is -0.497 e. The maximum atomic E-state index is 13.9. The van der Waals surface area contributed by atoms with Gasteiger partial charge >= 0.3 is 6.03 Å². The van der Waals surface area contributed by atoms with E-state index < -0.39 is 5.82 Å². The normalized spacial score (nSPS) is 15.2. The number of piperazine rings is 1. The van der Waals surface area contributed by atoms with Crippen LogP contribution in [0.25, 0.3) is 0 Å². The summed E-state index contributed by atoms with van der Waals surface area (Å²) >= 11 is 0. The minimum atomic E-state index is -0.513. The average molecular weight is 347 g/mol. The van der Waals surface area contributed by atoms with E-state index in [0.29, 0.717) is 18.8 Å². The van der Waals surface area contributed by atoms with E-state index in [2.05, 4.69) is 15.2 Å². The summed E-state index contributed by atoms with van der Waals surface area (Å²) in [6, 6.07) is 4.08. The first-order chi connectivity index (χ1) is 12.1. The third kappa shape index (κ3) is 4.08. The van der Waals surface area contributed by atoms with Crippen molar-refractivity contribution in [2.24, 2.45) is 7.05 Å². The number of hydrogen-bond donors (Lipinski definition) is 1. The molecule has 3 rings (SSSR count). The molecule has 0 atom stereocenters. The minimum absolute atomic E-state index is 0.154. The van der Waals surface area contributed by atoms with Crippen LogP contribution in [0.5, 0.6) is 5.75 Å². The van der Waals surface area contributed by atoms with E-state index in [1.165, 1.54) is 19.2 Å². The van der Waals surface area contributed by atoms with Crippen LogP contribution in [0.3, 0.4) is 0 Å². The van der Waals surface area contributed by atoms with Crippen LogP contribution in [0.2, 0.25) is 0 Å². The Balaban J connectivity index is 1.52. The Labute approximate surface area is 146 Å². The predicted molar refractivity (Wildman–Crippen MR) is 92.0 cm³/mol. The smallest absolute Gasteiger partial charge is 0.322 e. The number of nitrogens with zero attached hydrogens (tertiary/aromatic N) is 4.